The molecule has 0 aromatic heterocycles. The zero-order chi connectivity index (χ0) is 17.6. The average molecular weight is 386 g/mol. The number of piperazine rings is 1. The van der Waals surface area contributed by atoms with Crippen molar-refractivity contribution in [1.82, 2.24) is 15.1 Å². The van der Waals surface area contributed by atoms with Crippen LogP contribution >= 0.6 is 12.4 Å². The summed E-state index contributed by atoms with van der Waals surface area (Å²) in [6.07, 6.45) is 0.390. The van der Waals surface area contributed by atoms with E-state index < -0.39 is 0 Å². The number of carbonyl (C=O) groups is 2. The number of amides is 2. The fraction of sp³-hybridized carbons (Fsp3) is 0.556. The number of nitrogens with one attached hydrogen (secondary N) is 1. The van der Waals surface area contributed by atoms with Gasteiger partial charge in [0.2, 0.25) is 11.8 Å². The number of halogens is 2. The molecule has 8 heteroatoms. The maximum Gasteiger partial charge on any atom is 0.223 e. The van der Waals surface area contributed by atoms with E-state index >= 15 is 0 Å². The van der Waals surface area contributed by atoms with Gasteiger partial charge in [0.05, 0.1) is 19.3 Å². The first-order valence-electron chi connectivity index (χ1n) is 8.76. The fourth-order valence-corrected chi connectivity index (χ4v) is 3.34. The van der Waals surface area contributed by atoms with E-state index in [0.29, 0.717) is 45.9 Å². The van der Waals surface area contributed by atoms with Gasteiger partial charge >= 0.3 is 0 Å². The Morgan fingerprint density at radius 2 is 1.88 bits per heavy atom. The summed E-state index contributed by atoms with van der Waals surface area (Å²) in [7, 11) is 0. The Morgan fingerprint density at radius 1 is 1.15 bits per heavy atom. The highest BCUT2D eigenvalue weighted by Gasteiger charge is 2.28. The van der Waals surface area contributed by atoms with E-state index in [1.807, 2.05) is 6.07 Å². The van der Waals surface area contributed by atoms with Crippen LogP contribution in [0.5, 0.6) is 0 Å². The average Bonchev–Trinajstić information content (AvgIpc) is 2.66. The zero-order valence-corrected chi connectivity index (χ0v) is 15.5. The maximum atomic E-state index is 13.5. The standard InChI is InChI=1S/C18H24FN3O3.ClH/c19-15-3-1-2-14(12-15)16-13-20-6-7-22(16)18(24)5-4-17(23)21-8-10-25-11-9-21;/h1-3,12,16,20H,4-11,13H2;1H. The molecule has 1 atom stereocenters. The van der Waals surface area contributed by atoms with Gasteiger partial charge in [0, 0.05) is 45.6 Å². The Hall–Kier alpha value is -1.70. The Kier molecular flexibility index (Phi) is 7.81. The van der Waals surface area contributed by atoms with Crippen molar-refractivity contribution in [2.24, 2.45) is 0 Å². The van der Waals surface area contributed by atoms with Gasteiger partial charge in [0.15, 0.2) is 0 Å². The summed E-state index contributed by atoms with van der Waals surface area (Å²) in [5.74, 6) is -0.371. The smallest absolute Gasteiger partial charge is 0.223 e. The van der Waals surface area contributed by atoms with E-state index in [1.54, 1.807) is 15.9 Å². The van der Waals surface area contributed by atoms with E-state index in [9.17, 15) is 14.0 Å². The predicted molar refractivity (Wildman–Crippen MR) is 97.6 cm³/mol. The van der Waals surface area contributed by atoms with Crippen molar-refractivity contribution in [3.63, 3.8) is 0 Å². The first kappa shape index (κ1) is 20.6. The van der Waals surface area contributed by atoms with Crippen molar-refractivity contribution in [3.8, 4) is 0 Å². The SMILES string of the molecule is Cl.O=C(CCC(=O)N1CCNCC1c1cccc(F)c1)N1CCOCC1. The molecule has 144 valence electrons. The van der Waals surface area contributed by atoms with Crippen LogP contribution in [0.4, 0.5) is 4.39 Å². The second-order valence-electron chi connectivity index (χ2n) is 6.36. The third kappa shape index (κ3) is 5.16. The number of rotatable bonds is 4. The van der Waals surface area contributed by atoms with E-state index in [4.69, 9.17) is 4.74 Å². The molecule has 2 heterocycles. The van der Waals surface area contributed by atoms with E-state index in [0.717, 1.165) is 5.56 Å². The summed E-state index contributed by atoms with van der Waals surface area (Å²) in [6.45, 7) is 4.14. The summed E-state index contributed by atoms with van der Waals surface area (Å²) < 4.78 is 18.8. The van der Waals surface area contributed by atoms with Gasteiger partial charge in [-0.2, -0.15) is 0 Å². The highest BCUT2D eigenvalue weighted by atomic mass is 35.5. The minimum Gasteiger partial charge on any atom is -0.378 e. The highest BCUT2D eigenvalue weighted by molar-refractivity contribution is 5.85. The van der Waals surface area contributed by atoms with Crippen LogP contribution in [0.3, 0.4) is 0 Å². The van der Waals surface area contributed by atoms with Gasteiger partial charge in [-0.15, -0.1) is 12.4 Å². The number of hydrogen-bond donors (Lipinski definition) is 1. The zero-order valence-electron chi connectivity index (χ0n) is 14.7. The number of benzene rings is 1. The van der Waals surface area contributed by atoms with Crippen LogP contribution in [0.15, 0.2) is 24.3 Å². The van der Waals surface area contributed by atoms with Gasteiger partial charge in [-0.3, -0.25) is 9.59 Å². The van der Waals surface area contributed by atoms with Crippen LogP contribution in [0.2, 0.25) is 0 Å². The van der Waals surface area contributed by atoms with Gasteiger partial charge < -0.3 is 19.9 Å². The lowest BCUT2D eigenvalue weighted by molar-refractivity contribution is -0.140. The monoisotopic (exact) mass is 385 g/mol. The van der Waals surface area contributed by atoms with Crippen molar-refractivity contribution in [1.29, 1.82) is 0 Å². The minimum absolute atomic E-state index is 0. The molecule has 0 spiro atoms. The van der Waals surface area contributed by atoms with Crippen LogP contribution in [0.1, 0.15) is 24.4 Å². The van der Waals surface area contributed by atoms with Crippen molar-refractivity contribution < 1.29 is 18.7 Å². The first-order valence-corrected chi connectivity index (χ1v) is 8.76. The van der Waals surface area contributed by atoms with Crippen molar-refractivity contribution >= 4 is 24.2 Å². The molecule has 3 rings (SSSR count). The molecule has 1 unspecified atom stereocenters. The highest BCUT2D eigenvalue weighted by Crippen LogP contribution is 2.24. The molecular weight excluding hydrogens is 361 g/mol. The number of ether oxygens (including phenoxy) is 1. The molecule has 1 N–H and O–H groups in total. The first-order chi connectivity index (χ1) is 12.1. The molecule has 2 aliphatic rings. The molecule has 2 aliphatic heterocycles. The third-order valence-electron chi connectivity index (χ3n) is 4.71. The molecule has 1 aromatic carbocycles. The van der Waals surface area contributed by atoms with Gasteiger partial charge in [0.1, 0.15) is 5.82 Å². The number of hydrogen-bond acceptors (Lipinski definition) is 4. The molecule has 2 amide bonds. The molecule has 0 aliphatic carbocycles. The van der Waals surface area contributed by atoms with Crippen molar-refractivity contribution in [3.05, 3.63) is 35.6 Å². The summed E-state index contributed by atoms with van der Waals surface area (Å²) in [6, 6.07) is 6.16. The van der Waals surface area contributed by atoms with E-state index in [2.05, 4.69) is 5.32 Å². The second-order valence-corrected chi connectivity index (χ2v) is 6.36. The molecule has 0 bridgehead atoms. The van der Waals surface area contributed by atoms with Crippen LogP contribution in [0.25, 0.3) is 0 Å². The molecule has 2 saturated heterocycles. The Bertz CT molecular complexity index is 625. The number of nitrogens with zero attached hydrogens (tertiary/aromatic N) is 2. The normalized spacial score (nSPS) is 20.4. The molecule has 2 fully saturated rings. The summed E-state index contributed by atoms with van der Waals surface area (Å²) >= 11 is 0. The van der Waals surface area contributed by atoms with Gasteiger partial charge in [-0.05, 0) is 17.7 Å². The summed E-state index contributed by atoms with van der Waals surface area (Å²) in [5, 5.41) is 3.25. The number of carbonyl (C=O) groups excluding carboxylic acids is 2. The van der Waals surface area contributed by atoms with Gasteiger partial charge in [-0.25, -0.2) is 4.39 Å². The summed E-state index contributed by atoms with van der Waals surface area (Å²) in [4.78, 5) is 28.4. The summed E-state index contributed by atoms with van der Waals surface area (Å²) in [5.41, 5.74) is 0.778. The quantitative estimate of drug-likeness (QED) is 0.850. The Morgan fingerprint density at radius 3 is 2.62 bits per heavy atom. The Labute approximate surface area is 159 Å². The molecule has 6 nitrogen and oxygen atoms in total. The largest absolute Gasteiger partial charge is 0.378 e. The lowest BCUT2D eigenvalue weighted by Crippen LogP contribution is -2.49. The topological polar surface area (TPSA) is 61.9 Å². The fourth-order valence-electron chi connectivity index (χ4n) is 3.34. The molecular formula is C18H25ClFN3O3. The van der Waals surface area contributed by atoms with Crippen molar-refractivity contribution in [2.45, 2.75) is 18.9 Å². The van der Waals surface area contributed by atoms with Gasteiger partial charge in [-0.1, -0.05) is 12.1 Å². The minimum atomic E-state index is -0.307. The van der Waals surface area contributed by atoms with Crippen LogP contribution in [-0.2, 0) is 14.3 Å². The molecule has 1 aromatic rings. The number of morpholine rings is 1. The predicted octanol–water partition coefficient (Wildman–Crippen LogP) is 1.36. The van der Waals surface area contributed by atoms with Crippen LogP contribution in [0, 0.1) is 5.82 Å². The lowest BCUT2D eigenvalue weighted by atomic mass is 10.0. The van der Waals surface area contributed by atoms with Crippen LogP contribution in [-0.4, -0.2) is 67.6 Å². The van der Waals surface area contributed by atoms with E-state index in [1.165, 1.54) is 12.1 Å². The molecule has 26 heavy (non-hydrogen) atoms. The van der Waals surface area contributed by atoms with Crippen LogP contribution < -0.4 is 5.32 Å². The second kappa shape index (κ2) is 9.85. The van der Waals surface area contributed by atoms with E-state index in [-0.39, 0.29) is 48.9 Å². The maximum absolute atomic E-state index is 13.5. The Balaban J connectivity index is 0.00000243. The third-order valence-corrected chi connectivity index (χ3v) is 4.71. The molecule has 0 radical (unpaired) electrons. The molecule has 0 saturated carbocycles. The van der Waals surface area contributed by atoms with Gasteiger partial charge in [0.25, 0.3) is 0 Å². The lowest BCUT2D eigenvalue weighted by Gasteiger charge is -2.37. The van der Waals surface area contributed by atoms with Crippen molar-refractivity contribution in [2.75, 3.05) is 45.9 Å².